The number of hydrogen-bond acceptors (Lipinski definition) is 3. The van der Waals surface area contributed by atoms with Gasteiger partial charge in [-0.15, -0.1) is 0 Å². The Morgan fingerprint density at radius 3 is 2.55 bits per heavy atom. The molecule has 0 unspecified atom stereocenters. The van der Waals surface area contributed by atoms with Gasteiger partial charge < -0.3 is 4.98 Å². The third kappa shape index (κ3) is 3.56. The SMILES string of the molecule is O=c1[nH]c2c(Cl)nc3ccccc3c2n1Cc1cccc(CN2CCCCC2)c1. The van der Waals surface area contributed by atoms with E-state index in [1.165, 1.54) is 37.9 Å². The molecule has 0 atom stereocenters. The van der Waals surface area contributed by atoms with Crippen molar-refractivity contribution in [2.45, 2.75) is 32.4 Å². The minimum absolute atomic E-state index is 0.165. The zero-order valence-electron chi connectivity index (χ0n) is 16.2. The van der Waals surface area contributed by atoms with E-state index in [0.717, 1.165) is 28.5 Å². The van der Waals surface area contributed by atoms with Crippen LogP contribution in [-0.4, -0.2) is 32.5 Å². The van der Waals surface area contributed by atoms with Gasteiger partial charge in [0, 0.05) is 11.9 Å². The second kappa shape index (κ2) is 7.65. The van der Waals surface area contributed by atoms with E-state index in [1.807, 2.05) is 24.3 Å². The predicted molar refractivity (Wildman–Crippen MR) is 118 cm³/mol. The van der Waals surface area contributed by atoms with Crippen LogP contribution in [0.5, 0.6) is 0 Å². The van der Waals surface area contributed by atoms with Gasteiger partial charge in [0.05, 0.1) is 17.6 Å². The summed E-state index contributed by atoms with van der Waals surface area (Å²) in [6.45, 7) is 3.81. The summed E-state index contributed by atoms with van der Waals surface area (Å²) in [6, 6.07) is 16.3. The van der Waals surface area contributed by atoms with Gasteiger partial charge in [-0.25, -0.2) is 9.78 Å². The molecule has 0 bridgehead atoms. The smallest absolute Gasteiger partial charge is 0.303 e. The molecule has 0 aliphatic carbocycles. The van der Waals surface area contributed by atoms with Crippen LogP contribution >= 0.6 is 11.6 Å². The highest BCUT2D eigenvalue weighted by molar-refractivity contribution is 6.35. The summed E-state index contributed by atoms with van der Waals surface area (Å²) in [4.78, 5) is 22.6. The molecule has 1 aliphatic rings. The lowest BCUT2D eigenvalue weighted by Gasteiger charge is -2.26. The van der Waals surface area contributed by atoms with Crippen LogP contribution in [0, 0.1) is 0 Å². The molecule has 6 heteroatoms. The minimum Gasteiger partial charge on any atom is -0.303 e. The summed E-state index contributed by atoms with van der Waals surface area (Å²) in [5.74, 6) is 0. The Balaban J connectivity index is 1.53. The molecule has 0 radical (unpaired) electrons. The fourth-order valence-electron chi connectivity index (χ4n) is 4.37. The monoisotopic (exact) mass is 406 g/mol. The number of nitrogens with one attached hydrogen (secondary N) is 1. The number of aromatic nitrogens is 3. The van der Waals surface area contributed by atoms with Crippen LogP contribution in [0.1, 0.15) is 30.4 Å². The molecule has 0 spiro atoms. The van der Waals surface area contributed by atoms with E-state index in [0.29, 0.717) is 17.2 Å². The number of piperidine rings is 1. The van der Waals surface area contributed by atoms with E-state index in [1.54, 1.807) is 4.57 Å². The molecule has 2 aromatic carbocycles. The van der Waals surface area contributed by atoms with Crippen molar-refractivity contribution in [2.75, 3.05) is 13.1 Å². The number of fused-ring (bicyclic) bond motifs is 3. The lowest BCUT2D eigenvalue weighted by atomic mass is 10.1. The second-order valence-corrected chi connectivity index (χ2v) is 8.17. The van der Waals surface area contributed by atoms with Crippen LogP contribution in [0.25, 0.3) is 21.9 Å². The fraction of sp³-hybridized carbons (Fsp3) is 0.304. The van der Waals surface area contributed by atoms with Crippen LogP contribution in [0.3, 0.4) is 0 Å². The van der Waals surface area contributed by atoms with Crippen molar-refractivity contribution in [3.8, 4) is 0 Å². The summed E-state index contributed by atoms with van der Waals surface area (Å²) < 4.78 is 1.77. The number of halogens is 1. The van der Waals surface area contributed by atoms with E-state index in [9.17, 15) is 4.79 Å². The van der Waals surface area contributed by atoms with E-state index >= 15 is 0 Å². The molecule has 148 valence electrons. The first-order valence-electron chi connectivity index (χ1n) is 10.2. The molecule has 2 aromatic heterocycles. The van der Waals surface area contributed by atoms with Gasteiger partial charge in [-0.05, 0) is 43.1 Å². The molecule has 5 nitrogen and oxygen atoms in total. The zero-order chi connectivity index (χ0) is 19.8. The minimum atomic E-state index is -0.165. The van der Waals surface area contributed by atoms with Crippen molar-refractivity contribution in [1.29, 1.82) is 0 Å². The van der Waals surface area contributed by atoms with Crippen molar-refractivity contribution in [2.24, 2.45) is 0 Å². The first-order valence-corrected chi connectivity index (χ1v) is 10.5. The number of aromatic amines is 1. The zero-order valence-corrected chi connectivity index (χ0v) is 17.0. The Labute approximate surface area is 173 Å². The van der Waals surface area contributed by atoms with Gasteiger partial charge in [0.2, 0.25) is 0 Å². The van der Waals surface area contributed by atoms with Crippen molar-refractivity contribution < 1.29 is 0 Å². The van der Waals surface area contributed by atoms with E-state index < -0.39 is 0 Å². The van der Waals surface area contributed by atoms with Gasteiger partial charge in [-0.1, -0.05) is 60.5 Å². The molecule has 0 saturated carbocycles. The van der Waals surface area contributed by atoms with E-state index in [2.05, 4.69) is 39.1 Å². The molecule has 29 heavy (non-hydrogen) atoms. The van der Waals surface area contributed by atoms with Gasteiger partial charge >= 0.3 is 5.69 Å². The Morgan fingerprint density at radius 1 is 0.966 bits per heavy atom. The third-order valence-electron chi connectivity index (χ3n) is 5.75. The Bertz CT molecular complexity index is 1240. The molecule has 1 fully saturated rings. The third-order valence-corrected chi connectivity index (χ3v) is 6.03. The highest BCUT2D eigenvalue weighted by Crippen LogP contribution is 2.27. The number of pyridine rings is 1. The number of hydrogen-bond donors (Lipinski definition) is 1. The first-order chi connectivity index (χ1) is 14.2. The highest BCUT2D eigenvalue weighted by atomic mass is 35.5. The second-order valence-electron chi connectivity index (χ2n) is 7.82. The number of imidazole rings is 1. The number of likely N-dealkylation sites (tertiary alicyclic amines) is 1. The quantitative estimate of drug-likeness (QED) is 0.505. The first kappa shape index (κ1) is 18.4. The molecule has 5 rings (SSSR count). The molecular formula is C23H23ClN4O. The normalized spacial score (nSPS) is 15.3. The maximum absolute atomic E-state index is 12.8. The van der Waals surface area contributed by atoms with Gasteiger partial charge in [-0.3, -0.25) is 9.47 Å². The maximum atomic E-state index is 12.8. The molecule has 1 aliphatic heterocycles. The summed E-state index contributed by atoms with van der Waals surface area (Å²) in [5, 5.41) is 1.25. The number of H-pyrrole nitrogens is 1. The number of nitrogens with zero attached hydrogens (tertiary/aromatic N) is 3. The lowest BCUT2D eigenvalue weighted by molar-refractivity contribution is 0.221. The van der Waals surface area contributed by atoms with Crippen LogP contribution in [0.4, 0.5) is 0 Å². The van der Waals surface area contributed by atoms with Crippen molar-refractivity contribution in [3.63, 3.8) is 0 Å². The molecule has 4 aromatic rings. The Morgan fingerprint density at radius 2 is 1.72 bits per heavy atom. The molecule has 3 heterocycles. The van der Waals surface area contributed by atoms with Gasteiger partial charge in [0.25, 0.3) is 0 Å². The summed E-state index contributed by atoms with van der Waals surface area (Å²) in [7, 11) is 0. The number of rotatable bonds is 4. The fourth-order valence-corrected chi connectivity index (χ4v) is 4.60. The summed E-state index contributed by atoms with van der Waals surface area (Å²) in [5.41, 5.74) is 4.44. The molecule has 1 saturated heterocycles. The van der Waals surface area contributed by atoms with E-state index in [-0.39, 0.29) is 5.69 Å². The van der Waals surface area contributed by atoms with Crippen molar-refractivity contribution in [3.05, 3.63) is 75.3 Å². The van der Waals surface area contributed by atoms with Crippen LogP contribution in [-0.2, 0) is 13.1 Å². The number of para-hydroxylation sites is 1. The summed E-state index contributed by atoms with van der Waals surface area (Å²) >= 11 is 6.36. The average Bonchev–Trinajstić information content (AvgIpc) is 3.06. The number of benzene rings is 2. The predicted octanol–water partition coefficient (Wildman–Crippen LogP) is 4.57. The van der Waals surface area contributed by atoms with E-state index in [4.69, 9.17) is 11.6 Å². The Hall–Kier alpha value is -2.63. The molecular weight excluding hydrogens is 384 g/mol. The lowest BCUT2D eigenvalue weighted by Crippen LogP contribution is -2.29. The van der Waals surface area contributed by atoms with Crippen LogP contribution in [0.15, 0.2) is 53.3 Å². The van der Waals surface area contributed by atoms with Crippen molar-refractivity contribution >= 4 is 33.5 Å². The van der Waals surface area contributed by atoms with Gasteiger partial charge in [-0.2, -0.15) is 0 Å². The van der Waals surface area contributed by atoms with Gasteiger partial charge in [0.1, 0.15) is 5.52 Å². The topological polar surface area (TPSA) is 53.9 Å². The van der Waals surface area contributed by atoms with Crippen molar-refractivity contribution in [1.82, 2.24) is 19.4 Å². The van der Waals surface area contributed by atoms with Crippen LogP contribution in [0.2, 0.25) is 5.15 Å². The standard InChI is InChI=1S/C23H23ClN4O/c24-22-20-21(18-9-2-3-10-19(18)25-22)28(23(29)26-20)15-17-8-6-7-16(13-17)14-27-11-4-1-5-12-27/h2-3,6-10,13H,1,4-5,11-12,14-15H2,(H,26,29). The van der Waals surface area contributed by atoms with Crippen LogP contribution < -0.4 is 5.69 Å². The summed E-state index contributed by atoms with van der Waals surface area (Å²) in [6.07, 6.45) is 3.91. The Kier molecular flexibility index (Phi) is 4.86. The maximum Gasteiger partial charge on any atom is 0.326 e. The average molecular weight is 407 g/mol. The largest absolute Gasteiger partial charge is 0.326 e. The highest BCUT2D eigenvalue weighted by Gasteiger charge is 2.16. The van der Waals surface area contributed by atoms with Gasteiger partial charge in [0.15, 0.2) is 5.15 Å². The molecule has 0 amide bonds. The molecule has 1 N–H and O–H groups in total.